The fourth-order valence-corrected chi connectivity index (χ4v) is 3.25. The Morgan fingerprint density at radius 3 is 2.29 bits per heavy atom. The molecule has 2 aromatic rings. The van der Waals surface area contributed by atoms with E-state index in [-0.39, 0.29) is 15.5 Å². The number of hydrogen-bond acceptors (Lipinski definition) is 5. The first-order valence-electron chi connectivity index (χ1n) is 6.80. The van der Waals surface area contributed by atoms with Gasteiger partial charge in [0.2, 0.25) is 0 Å². The quantitative estimate of drug-likeness (QED) is 0.876. The van der Waals surface area contributed by atoms with Crippen LogP contribution in [0.2, 0.25) is 5.02 Å². The summed E-state index contributed by atoms with van der Waals surface area (Å²) in [6, 6.07) is 8.95. The zero-order valence-electron chi connectivity index (χ0n) is 13.3. The molecule has 0 unspecified atom stereocenters. The van der Waals surface area contributed by atoms with E-state index in [1.165, 1.54) is 38.5 Å². The molecule has 0 radical (unpaired) electrons. The van der Waals surface area contributed by atoms with E-state index in [0.717, 1.165) is 6.26 Å². The summed E-state index contributed by atoms with van der Waals surface area (Å²) < 4.78 is 34.0. The number of ether oxygens (including phenoxy) is 2. The summed E-state index contributed by atoms with van der Waals surface area (Å²) in [6.45, 7) is 0. The fourth-order valence-electron chi connectivity index (χ4n) is 2.12. The van der Waals surface area contributed by atoms with Crippen LogP contribution in [0.5, 0.6) is 11.5 Å². The molecule has 6 nitrogen and oxygen atoms in total. The van der Waals surface area contributed by atoms with Gasteiger partial charge in [0.05, 0.1) is 35.4 Å². The summed E-state index contributed by atoms with van der Waals surface area (Å²) in [5, 5.41) is 2.90. The first-order chi connectivity index (χ1) is 11.3. The molecule has 128 valence electrons. The van der Waals surface area contributed by atoms with Crippen molar-refractivity contribution in [1.29, 1.82) is 0 Å². The van der Waals surface area contributed by atoms with Gasteiger partial charge in [-0.1, -0.05) is 23.7 Å². The van der Waals surface area contributed by atoms with Crippen molar-refractivity contribution >= 4 is 33.0 Å². The Balaban J connectivity index is 2.43. The lowest BCUT2D eigenvalue weighted by atomic mass is 10.2. The molecule has 0 atom stereocenters. The highest BCUT2D eigenvalue weighted by molar-refractivity contribution is 7.90. The number of benzene rings is 2. The number of amides is 1. The van der Waals surface area contributed by atoms with Crippen LogP contribution in [0.4, 0.5) is 5.69 Å². The fraction of sp³-hybridized carbons (Fsp3) is 0.188. The van der Waals surface area contributed by atoms with Gasteiger partial charge >= 0.3 is 0 Å². The van der Waals surface area contributed by atoms with Crippen LogP contribution in [0.3, 0.4) is 0 Å². The third-order valence-electron chi connectivity index (χ3n) is 3.25. The third-order valence-corrected chi connectivity index (χ3v) is 4.70. The minimum absolute atomic E-state index is 0.0361. The van der Waals surface area contributed by atoms with Crippen molar-refractivity contribution in [2.75, 3.05) is 25.8 Å². The molecule has 1 amide bonds. The van der Waals surface area contributed by atoms with Gasteiger partial charge in [-0.15, -0.1) is 0 Å². The molecule has 0 saturated heterocycles. The van der Waals surface area contributed by atoms with Crippen LogP contribution >= 0.6 is 11.6 Å². The molecular weight excluding hydrogens is 354 g/mol. The maximum absolute atomic E-state index is 12.5. The van der Waals surface area contributed by atoms with E-state index in [1.54, 1.807) is 12.1 Å². The van der Waals surface area contributed by atoms with Crippen molar-refractivity contribution in [1.82, 2.24) is 0 Å². The summed E-state index contributed by atoms with van der Waals surface area (Å²) >= 11 is 6.06. The zero-order chi connectivity index (χ0) is 17.9. The molecule has 0 saturated carbocycles. The molecule has 2 aromatic carbocycles. The molecule has 0 aromatic heterocycles. The molecule has 2 rings (SSSR count). The second-order valence-corrected chi connectivity index (χ2v) is 7.30. The average Bonchev–Trinajstić information content (AvgIpc) is 2.54. The van der Waals surface area contributed by atoms with Crippen LogP contribution in [-0.2, 0) is 9.84 Å². The normalized spacial score (nSPS) is 11.0. The molecule has 0 aliphatic heterocycles. The van der Waals surface area contributed by atoms with Crippen LogP contribution in [0, 0.1) is 0 Å². The highest BCUT2D eigenvalue weighted by atomic mass is 35.5. The van der Waals surface area contributed by atoms with Gasteiger partial charge in [-0.05, 0) is 18.2 Å². The average molecular weight is 370 g/mol. The number of halogens is 1. The Kier molecular flexibility index (Phi) is 5.36. The Morgan fingerprint density at radius 2 is 1.71 bits per heavy atom. The predicted octanol–water partition coefficient (Wildman–Crippen LogP) is 3.01. The molecule has 0 aliphatic carbocycles. The predicted molar refractivity (Wildman–Crippen MR) is 92.1 cm³/mol. The Hall–Kier alpha value is -2.25. The second-order valence-electron chi connectivity index (χ2n) is 4.91. The first-order valence-corrected chi connectivity index (χ1v) is 9.06. The summed E-state index contributed by atoms with van der Waals surface area (Å²) in [5.41, 5.74) is 0.339. The number of hydrogen-bond donors (Lipinski definition) is 1. The maximum atomic E-state index is 12.5. The van der Waals surface area contributed by atoms with E-state index in [9.17, 15) is 13.2 Å². The highest BCUT2D eigenvalue weighted by Crippen LogP contribution is 2.36. The molecule has 24 heavy (non-hydrogen) atoms. The van der Waals surface area contributed by atoms with Crippen molar-refractivity contribution in [2.45, 2.75) is 4.90 Å². The molecular formula is C16H16ClNO5S. The summed E-state index contributed by atoms with van der Waals surface area (Å²) in [5.74, 6) is 0.139. The smallest absolute Gasteiger partial charge is 0.257 e. The van der Waals surface area contributed by atoms with Gasteiger partial charge in [-0.25, -0.2) is 8.42 Å². The highest BCUT2D eigenvalue weighted by Gasteiger charge is 2.20. The lowest BCUT2D eigenvalue weighted by Gasteiger charge is -2.14. The Morgan fingerprint density at radius 1 is 1.08 bits per heavy atom. The lowest BCUT2D eigenvalue weighted by molar-refractivity contribution is 0.102. The largest absolute Gasteiger partial charge is 0.495 e. The van der Waals surface area contributed by atoms with Gasteiger partial charge in [-0.2, -0.15) is 0 Å². The summed E-state index contributed by atoms with van der Waals surface area (Å²) in [4.78, 5) is 12.5. The maximum Gasteiger partial charge on any atom is 0.257 e. The van der Waals surface area contributed by atoms with Crippen LogP contribution in [0.15, 0.2) is 41.3 Å². The molecule has 1 N–H and O–H groups in total. The van der Waals surface area contributed by atoms with Crippen LogP contribution < -0.4 is 14.8 Å². The van der Waals surface area contributed by atoms with Crippen molar-refractivity contribution < 1.29 is 22.7 Å². The third kappa shape index (κ3) is 3.80. The van der Waals surface area contributed by atoms with Crippen LogP contribution in [-0.4, -0.2) is 34.8 Å². The van der Waals surface area contributed by atoms with E-state index < -0.39 is 15.7 Å². The Bertz CT molecular complexity index is 880. The monoisotopic (exact) mass is 369 g/mol. The second kappa shape index (κ2) is 7.11. The van der Waals surface area contributed by atoms with Crippen LogP contribution in [0.1, 0.15) is 10.4 Å². The lowest BCUT2D eigenvalue weighted by Crippen LogP contribution is -2.16. The molecule has 0 fully saturated rings. The van der Waals surface area contributed by atoms with Gasteiger partial charge < -0.3 is 14.8 Å². The van der Waals surface area contributed by atoms with Gasteiger partial charge in [0, 0.05) is 12.3 Å². The molecule has 0 bridgehead atoms. The van der Waals surface area contributed by atoms with Crippen molar-refractivity contribution in [3.63, 3.8) is 0 Å². The number of carbonyl (C=O) groups excluding carboxylic acids is 1. The van der Waals surface area contributed by atoms with E-state index in [0.29, 0.717) is 17.2 Å². The molecule has 0 spiro atoms. The van der Waals surface area contributed by atoms with E-state index in [1.807, 2.05) is 0 Å². The van der Waals surface area contributed by atoms with E-state index >= 15 is 0 Å². The standard InChI is InChI=1S/C16H16ClNO5S/c1-22-13-9-14(23-2)12(8-11(13)17)18-16(19)10-6-4-5-7-15(10)24(3,20)21/h4-9H,1-3H3,(H,18,19). The first kappa shape index (κ1) is 18.1. The van der Waals surface area contributed by atoms with E-state index in [2.05, 4.69) is 5.32 Å². The molecule has 0 heterocycles. The molecule has 0 aliphatic rings. The topological polar surface area (TPSA) is 81.7 Å². The summed E-state index contributed by atoms with van der Waals surface area (Å²) in [6.07, 6.45) is 1.05. The van der Waals surface area contributed by atoms with Gasteiger partial charge in [0.15, 0.2) is 9.84 Å². The number of anilines is 1. The van der Waals surface area contributed by atoms with E-state index in [4.69, 9.17) is 21.1 Å². The Labute approximate surface area is 145 Å². The molecule has 8 heteroatoms. The number of nitrogens with one attached hydrogen (secondary N) is 1. The van der Waals surface area contributed by atoms with Gasteiger partial charge in [-0.3, -0.25) is 4.79 Å². The van der Waals surface area contributed by atoms with Gasteiger partial charge in [0.25, 0.3) is 5.91 Å². The number of rotatable bonds is 5. The SMILES string of the molecule is COc1cc(OC)c(NC(=O)c2ccccc2S(C)(=O)=O)cc1Cl. The summed E-state index contributed by atoms with van der Waals surface area (Å²) in [7, 11) is -0.651. The number of methoxy groups -OCH3 is 2. The van der Waals surface area contributed by atoms with Crippen molar-refractivity contribution in [3.05, 3.63) is 47.0 Å². The van der Waals surface area contributed by atoms with Gasteiger partial charge in [0.1, 0.15) is 11.5 Å². The zero-order valence-corrected chi connectivity index (χ0v) is 14.9. The van der Waals surface area contributed by atoms with Crippen LogP contribution in [0.25, 0.3) is 0 Å². The minimum atomic E-state index is -3.54. The number of carbonyl (C=O) groups is 1. The number of sulfone groups is 1. The minimum Gasteiger partial charge on any atom is -0.495 e. The van der Waals surface area contributed by atoms with Crippen molar-refractivity contribution in [2.24, 2.45) is 0 Å². The van der Waals surface area contributed by atoms with Crippen molar-refractivity contribution in [3.8, 4) is 11.5 Å².